The molecule has 14 heavy (non-hydrogen) atoms. The van der Waals surface area contributed by atoms with Gasteiger partial charge in [-0.2, -0.15) is 0 Å². The summed E-state index contributed by atoms with van der Waals surface area (Å²) in [6.45, 7) is 4.58. The Morgan fingerprint density at radius 3 is 2.57 bits per heavy atom. The Morgan fingerprint density at radius 1 is 1.29 bits per heavy atom. The van der Waals surface area contributed by atoms with Gasteiger partial charge in [-0.1, -0.05) is 31.2 Å². The van der Waals surface area contributed by atoms with Gasteiger partial charge in [-0.15, -0.1) is 0 Å². The zero-order chi connectivity index (χ0) is 10.4. The lowest BCUT2D eigenvalue weighted by Gasteiger charge is -2.17. The summed E-state index contributed by atoms with van der Waals surface area (Å²) in [6.07, 6.45) is 1.12. The Kier molecular flexibility index (Phi) is 4.63. The molecular weight excluding hydrogens is 176 g/mol. The molecule has 0 spiro atoms. The first kappa shape index (κ1) is 11.2. The van der Waals surface area contributed by atoms with Crippen LogP contribution in [0.4, 0.5) is 0 Å². The van der Waals surface area contributed by atoms with E-state index in [2.05, 4.69) is 26.0 Å². The van der Waals surface area contributed by atoms with Crippen molar-refractivity contribution in [2.24, 2.45) is 0 Å². The fourth-order valence-electron chi connectivity index (χ4n) is 1.53. The lowest BCUT2D eigenvalue weighted by molar-refractivity contribution is -0.0744. The normalized spacial score (nSPS) is 12.8. The van der Waals surface area contributed by atoms with Crippen LogP contribution in [-0.4, -0.2) is 13.9 Å². The smallest absolute Gasteiger partial charge is 0.147 e. The molecule has 0 N–H and O–H groups in total. The highest BCUT2D eigenvalue weighted by Gasteiger charge is 2.10. The van der Waals surface area contributed by atoms with Gasteiger partial charge in [0, 0.05) is 7.11 Å². The second-order valence-electron chi connectivity index (χ2n) is 3.33. The van der Waals surface area contributed by atoms with Crippen molar-refractivity contribution in [2.75, 3.05) is 13.9 Å². The SMILES string of the molecule is CCC(OCOC)c1ccccc1C. The number of hydrogen-bond donors (Lipinski definition) is 0. The molecule has 0 aromatic heterocycles. The van der Waals surface area contributed by atoms with E-state index >= 15 is 0 Å². The van der Waals surface area contributed by atoms with Crippen molar-refractivity contribution in [2.45, 2.75) is 26.4 Å². The van der Waals surface area contributed by atoms with Gasteiger partial charge in [0.1, 0.15) is 6.79 Å². The van der Waals surface area contributed by atoms with Gasteiger partial charge in [0.05, 0.1) is 6.10 Å². The number of benzene rings is 1. The summed E-state index contributed by atoms with van der Waals surface area (Å²) in [4.78, 5) is 0. The van der Waals surface area contributed by atoms with Gasteiger partial charge in [-0.25, -0.2) is 0 Å². The van der Waals surface area contributed by atoms with Gasteiger partial charge in [0.15, 0.2) is 0 Å². The predicted octanol–water partition coefficient (Wildman–Crippen LogP) is 3.07. The second-order valence-corrected chi connectivity index (χ2v) is 3.33. The highest BCUT2D eigenvalue weighted by molar-refractivity contribution is 5.27. The van der Waals surface area contributed by atoms with Crippen molar-refractivity contribution in [1.29, 1.82) is 0 Å². The van der Waals surface area contributed by atoms with Crippen molar-refractivity contribution in [3.05, 3.63) is 35.4 Å². The molecule has 0 heterocycles. The van der Waals surface area contributed by atoms with Crippen molar-refractivity contribution in [1.82, 2.24) is 0 Å². The molecule has 0 amide bonds. The molecule has 2 nitrogen and oxygen atoms in total. The van der Waals surface area contributed by atoms with Crippen LogP contribution in [-0.2, 0) is 9.47 Å². The quantitative estimate of drug-likeness (QED) is 0.671. The van der Waals surface area contributed by atoms with E-state index < -0.39 is 0 Å². The largest absolute Gasteiger partial charge is 0.359 e. The molecule has 1 atom stereocenters. The Bertz CT molecular complexity index is 271. The zero-order valence-corrected chi connectivity index (χ0v) is 9.12. The molecule has 1 rings (SSSR count). The lowest BCUT2D eigenvalue weighted by atomic mass is 10.0. The summed E-state index contributed by atoms with van der Waals surface area (Å²) < 4.78 is 10.5. The second kappa shape index (κ2) is 5.78. The summed E-state index contributed by atoms with van der Waals surface area (Å²) in [5.41, 5.74) is 2.53. The van der Waals surface area contributed by atoms with Crippen LogP contribution in [0.25, 0.3) is 0 Å². The van der Waals surface area contributed by atoms with Crippen LogP contribution in [0, 0.1) is 6.92 Å². The van der Waals surface area contributed by atoms with Crippen LogP contribution in [0.5, 0.6) is 0 Å². The zero-order valence-electron chi connectivity index (χ0n) is 9.12. The topological polar surface area (TPSA) is 18.5 Å². The maximum absolute atomic E-state index is 5.59. The van der Waals surface area contributed by atoms with E-state index in [-0.39, 0.29) is 6.10 Å². The van der Waals surface area contributed by atoms with Crippen LogP contribution in [0.3, 0.4) is 0 Å². The van der Waals surface area contributed by atoms with Crippen LogP contribution in [0.1, 0.15) is 30.6 Å². The van der Waals surface area contributed by atoms with E-state index in [1.807, 2.05) is 12.1 Å². The summed E-state index contributed by atoms with van der Waals surface area (Å²) in [5, 5.41) is 0. The average molecular weight is 194 g/mol. The number of rotatable bonds is 5. The highest BCUT2D eigenvalue weighted by atomic mass is 16.7. The summed E-state index contributed by atoms with van der Waals surface area (Å²) in [6, 6.07) is 8.30. The van der Waals surface area contributed by atoms with Crippen molar-refractivity contribution in [3.63, 3.8) is 0 Å². The van der Waals surface area contributed by atoms with Gasteiger partial charge in [-0.3, -0.25) is 0 Å². The third-order valence-corrected chi connectivity index (χ3v) is 2.29. The third kappa shape index (κ3) is 2.82. The Morgan fingerprint density at radius 2 is 2.00 bits per heavy atom. The molecule has 0 saturated heterocycles. The van der Waals surface area contributed by atoms with Crippen molar-refractivity contribution >= 4 is 0 Å². The first-order valence-electron chi connectivity index (χ1n) is 4.95. The molecule has 1 aromatic carbocycles. The fraction of sp³-hybridized carbons (Fsp3) is 0.500. The molecule has 1 aromatic rings. The van der Waals surface area contributed by atoms with Crippen LogP contribution >= 0.6 is 0 Å². The molecule has 0 saturated carbocycles. The average Bonchev–Trinajstić information content (AvgIpc) is 2.21. The first-order valence-corrected chi connectivity index (χ1v) is 4.95. The molecule has 0 radical (unpaired) electrons. The summed E-state index contributed by atoms with van der Waals surface area (Å²) in [7, 11) is 1.64. The number of hydrogen-bond acceptors (Lipinski definition) is 2. The first-order chi connectivity index (χ1) is 6.79. The molecule has 78 valence electrons. The van der Waals surface area contributed by atoms with Gasteiger partial charge < -0.3 is 9.47 Å². The number of ether oxygens (including phenoxy) is 2. The predicted molar refractivity (Wildman–Crippen MR) is 57.2 cm³/mol. The molecule has 0 fully saturated rings. The van der Waals surface area contributed by atoms with Crippen molar-refractivity contribution < 1.29 is 9.47 Å². The maximum atomic E-state index is 5.59. The standard InChI is InChI=1S/C12H18O2/c1-4-12(14-9-13-3)11-8-6-5-7-10(11)2/h5-8,12H,4,9H2,1-3H3. The summed E-state index contributed by atoms with van der Waals surface area (Å²) in [5.74, 6) is 0. The Hall–Kier alpha value is -0.860. The minimum Gasteiger partial charge on any atom is -0.359 e. The van der Waals surface area contributed by atoms with E-state index in [1.54, 1.807) is 7.11 Å². The van der Waals surface area contributed by atoms with E-state index in [0.717, 1.165) is 6.42 Å². The molecule has 1 unspecified atom stereocenters. The lowest BCUT2D eigenvalue weighted by Crippen LogP contribution is -2.07. The molecule has 0 bridgehead atoms. The van der Waals surface area contributed by atoms with Gasteiger partial charge in [0.2, 0.25) is 0 Å². The van der Waals surface area contributed by atoms with Crippen LogP contribution in [0.2, 0.25) is 0 Å². The minimum absolute atomic E-state index is 0.149. The maximum Gasteiger partial charge on any atom is 0.147 e. The monoisotopic (exact) mass is 194 g/mol. The van der Waals surface area contributed by atoms with Crippen LogP contribution in [0.15, 0.2) is 24.3 Å². The van der Waals surface area contributed by atoms with E-state index in [4.69, 9.17) is 9.47 Å². The van der Waals surface area contributed by atoms with Gasteiger partial charge >= 0.3 is 0 Å². The van der Waals surface area contributed by atoms with E-state index in [0.29, 0.717) is 6.79 Å². The summed E-state index contributed by atoms with van der Waals surface area (Å²) >= 11 is 0. The Labute approximate surface area is 85.8 Å². The number of methoxy groups -OCH3 is 1. The fourth-order valence-corrected chi connectivity index (χ4v) is 1.53. The molecule has 0 aliphatic heterocycles. The minimum atomic E-state index is 0.149. The van der Waals surface area contributed by atoms with Crippen LogP contribution < -0.4 is 0 Å². The molecule has 0 aliphatic rings. The van der Waals surface area contributed by atoms with Gasteiger partial charge in [-0.05, 0) is 24.5 Å². The molecule has 2 heteroatoms. The van der Waals surface area contributed by atoms with E-state index in [9.17, 15) is 0 Å². The molecule has 0 aliphatic carbocycles. The van der Waals surface area contributed by atoms with E-state index in [1.165, 1.54) is 11.1 Å². The highest BCUT2D eigenvalue weighted by Crippen LogP contribution is 2.23. The molecular formula is C12H18O2. The third-order valence-electron chi connectivity index (χ3n) is 2.29. The number of aryl methyl sites for hydroxylation is 1. The van der Waals surface area contributed by atoms with Gasteiger partial charge in [0.25, 0.3) is 0 Å². The Balaban J connectivity index is 2.73. The van der Waals surface area contributed by atoms with Crippen molar-refractivity contribution in [3.8, 4) is 0 Å².